The van der Waals surface area contributed by atoms with Crippen molar-refractivity contribution in [1.82, 2.24) is 0 Å². The molecule has 0 saturated carbocycles. The summed E-state index contributed by atoms with van der Waals surface area (Å²) in [6.07, 6.45) is 0.963. The topological polar surface area (TPSA) is 77.5 Å². The van der Waals surface area contributed by atoms with Gasteiger partial charge in [0.15, 0.2) is 0 Å². The SMILES string of the molecule is Cc1ccc(N(CC(=O)[O-])S(C)(=O)=O)cc1C. The maximum Gasteiger partial charge on any atom is 0.232 e. The second-order valence-corrected chi connectivity index (χ2v) is 5.82. The van der Waals surface area contributed by atoms with Crippen molar-refractivity contribution >= 4 is 21.7 Å². The minimum atomic E-state index is -3.63. The average molecular weight is 256 g/mol. The van der Waals surface area contributed by atoms with Crippen molar-refractivity contribution in [1.29, 1.82) is 0 Å². The standard InChI is InChI=1S/C11H15NO4S/c1-8-4-5-10(6-9(8)2)12(7-11(13)14)17(3,15)16/h4-6H,7H2,1-3H3,(H,13,14)/p-1. The molecule has 0 spiro atoms. The zero-order valence-electron chi connectivity index (χ0n) is 9.93. The van der Waals surface area contributed by atoms with E-state index < -0.39 is 22.5 Å². The van der Waals surface area contributed by atoms with Crippen LogP contribution in [-0.4, -0.2) is 27.2 Å². The number of carbonyl (C=O) groups is 1. The summed E-state index contributed by atoms with van der Waals surface area (Å²) in [5.41, 5.74) is 2.24. The molecule has 17 heavy (non-hydrogen) atoms. The van der Waals surface area contributed by atoms with E-state index in [9.17, 15) is 18.3 Å². The van der Waals surface area contributed by atoms with Gasteiger partial charge in [0.2, 0.25) is 10.0 Å². The van der Waals surface area contributed by atoms with Gasteiger partial charge in [-0.05, 0) is 37.1 Å². The van der Waals surface area contributed by atoms with Crippen molar-refractivity contribution in [3.8, 4) is 0 Å². The van der Waals surface area contributed by atoms with Crippen molar-refractivity contribution in [2.45, 2.75) is 13.8 Å². The lowest BCUT2D eigenvalue weighted by Crippen LogP contribution is -2.41. The first kappa shape index (κ1) is 13.5. The third kappa shape index (κ3) is 3.45. The number of aryl methyl sites for hydroxylation is 2. The third-order valence-electron chi connectivity index (χ3n) is 2.45. The fourth-order valence-electron chi connectivity index (χ4n) is 1.40. The van der Waals surface area contributed by atoms with Crippen LogP contribution in [0.1, 0.15) is 11.1 Å². The quantitative estimate of drug-likeness (QED) is 0.748. The summed E-state index contributed by atoms with van der Waals surface area (Å²) in [6, 6.07) is 4.96. The van der Waals surface area contributed by atoms with E-state index in [1.807, 2.05) is 13.8 Å². The van der Waals surface area contributed by atoms with Crippen LogP contribution in [0.4, 0.5) is 5.69 Å². The van der Waals surface area contributed by atoms with Gasteiger partial charge in [-0.15, -0.1) is 0 Å². The number of hydrogen-bond donors (Lipinski definition) is 0. The monoisotopic (exact) mass is 256 g/mol. The maximum atomic E-state index is 11.5. The molecule has 0 atom stereocenters. The molecule has 0 N–H and O–H groups in total. The number of carboxylic acid groups (broad SMARTS) is 1. The molecule has 0 aliphatic heterocycles. The zero-order chi connectivity index (χ0) is 13.2. The fraction of sp³-hybridized carbons (Fsp3) is 0.364. The van der Waals surface area contributed by atoms with Crippen molar-refractivity contribution < 1.29 is 18.3 Å². The van der Waals surface area contributed by atoms with E-state index in [1.165, 1.54) is 0 Å². The molecule has 5 nitrogen and oxygen atoms in total. The smallest absolute Gasteiger partial charge is 0.232 e. The third-order valence-corrected chi connectivity index (χ3v) is 3.59. The van der Waals surface area contributed by atoms with E-state index in [2.05, 4.69) is 0 Å². The van der Waals surface area contributed by atoms with E-state index in [1.54, 1.807) is 18.2 Å². The van der Waals surface area contributed by atoms with Crippen LogP contribution in [0.15, 0.2) is 18.2 Å². The van der Waals surface area contributed by atoms with Crippen LogP contribution in [0.2, 0.25) is 0 Å². The first-order valence-corrected chi connectivity index (χ1v) is 6.81. The molecule has 0 aromatic heterocycles. The number of benzene rings is 1. The molecule has 0 radical (unpaired) electrons. The Bertz CT molecular complexity index is 536. The van der Waals surface area contributed by atoms with Crippen molar-refractivity contribution in [2.24, 2.45) is 0 Å². The Hall–Kier alpha value is -1.56. The fourth-order valence-corrected chi connectivity index (χ4v) is 2.23. The first-order chi connectivity index (χ1) is 7.71. The second kappa shape index (κ2) is 4.75. The van der Waals surface area contributed by atoms with Gasteiger partial charge in [-0.3, -0.25) is 4.31 Å². The number of carboxylic acids is 1. The molecule has 0 aliphatic rings. The Labute approximate surface area is 101 Å². The predicted molar refractivity (Wildman–Crippen MR) is 63.1 cm³/mol. The molecule has 94 valence electrons. The van der Waals surface area contributed by atoms with E-state index in [0.29, 0.717) is 5.69 Å². The lowest BCUT2D eigenvalue weighted by molar-refractivity contribution is -0.303. The second-order valence-electron chi connectivity index (χ2n) is 3.91. The average Bonchev–Trinajstić information content (AvgIpc) is 2.17. The van der Waals surface area contributed by atoms with E-state index >= 15 is 0 Å². The summed E-state index contributed by atoms with van der Waals surface area (Å²) in [6.45, 7) is 3.04. The normalized spacial score (nSPS) is 11.2. The highest BCUT2D eigenvalue weighted by Gasteiger charge is 2.17. The molecular weight excluding hydrogens is 242 g/mol. The summed E-state index contributed by atoms with van der Waals surface area (Å²) >= 11 is 0. The van der Waals surface area contributed by atoms with Gasteiger partial charge in [-0.2, -0.15) is 0 Å². The minimum absolute atomic E-state index is 0.333. The minimum Gasteiger partial charge on any atom is -0.548 e. The van der Waals surface area contributed by atoms with Crippen molar-refractivity contribution in [2.75, 3.05) is 17.1 Å². The number of aliphatic carboxylic acids is 1. The molecular formula is C11H14NO4S-. The lowest BCUT2D eigenvalue weighted by Gasteiger charge is -2.23. The number of anilines is 1. The summed E-state index contributed by atoms with van der Waals surface area (Å²) < 4.78 is 23.8. The molecule has 0 heterocycles. The number of hydrogen-bond acceptors (Lipinski definition) is 4. The number of rotatable bonds is 4. The highest BCUT2D eigenvalue weighted by Crippen LogP contribution is 2.20. The highest BCUT2D eigenvalue weighted by atomic mass is 32.2. The van der Waals surface area contributed by atoms with Gasteiger partial charge in [0.1, 0.15) is 0 Å². The van der Waals surface area contributed by atoms with E-state index in [-0.39, 0.29) is 0 Å². The van der Waals surface area contributed by atoms with Gasteiger partial charge in [0.05, 0.1) is 24.5 Å². The summed E-state index contributed by atoms with van der Waals surface area (Å²) in [5.74, 6) is -1.44. The first-order valence-electron chi connectivity index (χ1n) is 4.96. The van der Waals surface area contributed by atoms with Gasteiger partial charge in [-0.25, -0.2) is 8.42 Å². The molecule has 0 saturated heterocycles. The lowest BCUT2D eigenvalue weighted by atomic mass is 10.1. The van der Waals surface area contributed by atoms with Crippen molar-refractivity contribution in [3.05, 3.63) is 29.3 Å². The Morgan fingerprint density at radius 2 is 1.88 bits per heavy atom. The van der Waals surface area contributed by atoms with Crippen LogP contribution in [0.5, 0.6) is 0 Å². The summed E-state index contributed by atoms with van der Waals surface area (Å²) in [5, 5.41) is 10.6. The Morgan fingerprint density at radius 3 is 2.29 bits per heavy atom. The van der Waals surface area contributed by atoms with Crippen LogP contribution in [0.25, 0.3) is 0 Å². The summed E-state index contributed by atoms with van der Waals surface area (Å²) in [4.78, 5) is 10.6. The van der Waals surface area contributed by atoms with Crippen molar-refractivity contribution in [3.63, 3.8) is 0 Å². The van der Waals surface area contributed by atoms with Gasteiger partial charge in [0.25, 0.3) is 0 Å². The van der Waals surface area contributed by atoms with Gasteiger partial charge in [0, 0.05) is 0 Å². The molecule has 0 amide bonds. The molecule has 0 aliphatic carbocycles. The molecule has 1 aromatic carbocycles. The Balaban J connectivity index is 3.22. The van der Waals surface area contributed by atoms with Gasteiger partial charge in [-0.1, -0.05) is 6.07 Å². The van der Waals surface area contributed by atoms with Crippen LogP contribution >= 0.6 is 0 Å². The molecule has 1 rings (SSSR count). The number of carbonyl (C=O) groups excluding carboxylic acids is 1. The molecule has 6 heteroatoms. The van der Waals surface area contributed by atoms with Crippen LogP contribution < -0.4 is 9.41 Å². The van der Waals surface area contributed by atoms with Gasteiger partial charge >= 0.3 is 0 Å². The van der Waals surface area contributed by atoms with Crippen LogP contribution in [0, 0.1) is 13.8 Å². The number of nitrogens with zero attached hydrogens (tertiary/aromatic N) is 1. The number of sulfonamides is 1. The predicted octanol–water partition coefficient (Wildman–Crippen LogP) is -0.181. The highest BCUT2D eigenvalue weighted by molar-refractivity contribution is 7.92. The Kier molecular flexibility index (Phi) is 3.77. The van der Waals surface area contributed by atoms with Crippen LogP contribution in [-0.2, 0) is 14.8 Å². The Morgan fingerprint density at radius 1 is 1.29 bits per heavy atom. The van der Waals surface area contributed by atoms with Crippen LogP contribution in [0.3, 0.4) is 0 Å². The summed E-state index contributed by atoms with van der Waals surface area (Å²) in [7, 11) is -3.63. The van der Waals surface area contributed by atoms with E-state index in [0.717, 1.165) is 21.7 Å². The molecule has 0 bridgehead atoms. The zero-order valence-corrected chi connectivity index (χ0v) is 10.7. The largest absolute Gasteiger partial charge is 0.548 e. The van der Waals surface area contributed by atoms with Gasteiger partial charge < -0.3 is 9.90 Å². The molecule has 0 unspecified atom stereocenters. The maximum absolute atomic E-state index is 11.5. The molecule has 0 fully saturated rings. The van der Waals surface area contributed by atoms with E-state index in [4.69, 9.17) is 0 Å². The molecule has 1 aromatic rings.